The van der Waals surface area contributed by atoms with Gasteiger partial charge in [-0.1, -0.05) is 55.3 Å². The Labute approximate surface area is 222 Å². The van der Waals surface area contributed by atoms with Gasteiger partial charge in [-0.25, -0.2) is 0 Å². The van der Waals surface area contributed by atoms with Gasteiger partial charge in [-0.05, 0) is 61.5 Å². The molecule has 0 aliphatic carbocycles. The number of carbonyl (C=O) groups is 2. The largest absolute Gasteiger partial charge is 0.490 e. The molecule has 37 heavy (non-hydrogen) atoms. The first-order valence-electron chi connectivity index (χ1n) is 12.5. The van der Waals surface area contributed by atoms with Crippen molar-refractivity contribution in [2.45, 2.75) is 25.7 Å². The van der Waals surface area contributed by atoms with Crippen molar-refractivity contribution in [2.75, 3.05) is 31.6 Å². The summed E-state index contributed by atoms with van der Waals surface area (Å²) in [5.41, 5.74) is 1.44. The first kappa shape index (κ1) is 26.2. The number of hydrogen-bond donors (Lipinski definition) is 2. The van der Waals surface area contributed by atoms with Crippen molar-refractivity contribution in [3.63, 3.8) is 0 Å². The van der Waals surface area contributed by atoms with E-state index in [9.17, 15) is 9.59 Å². The average molecular weight is 518 g/mol. The standard InChI is InChI=1S/C29H31N3O4S/c33-27(24-15-7-9-17-26(24)36-21-20-35-22-12-4-3-5-13-22)31-29(37)30-25-16-8-6-14-23(25)28(34)32-18-10-1-2-11-19-32/h3-9,12-17H,1-2,10-11,18-21H2,(H2,30,31,33,37). The van der Waals surface area contributed by atoms with Gasteiger partial charge in [0.25, 0.3) is 11.8 Å². The van der Waals surface area contributed by atoms with Gasteiger partial charge in [0, 0.05) is 13.1 Å². The van der Waals surface area contributed by atoms with E-state index in [1.807, 2.05) is 47.4 Å². The van der Waals surface area contributed by atoms with E-state index in [1.165, 1.54) is 0 Å². The van der Waals surface area contributed by atoms with Crippen LogP contribution < -0.4 is 20.1 Å². The molecule has 0 spiro atoms. The molecule has 0 atom stereocenters. The van der Waals surface area contributed by atoms with E-state index in [2.05, 4.69) is 10.6 Å². The molecule has 2 N–H and O–H groups in total. The highest BCUT2D eigenvalue weighted by atomic mass is 32.1. The van der Waals surface area contributed by atoms with Gasteiger partial charge in [-0.15, -0.1) is 0 Å². The molecule has 2 amide bonds. The second kappa shape index (κ2) is 13.4. The van der Waals surface area contributed by atoms with Gasteiger partial charge in [0.05, 0.1) is 16.8 Å². The van der Waals surface area contributed by atoms with Crippen molar-refractivity contribution in [2.24, 2.45) is 0 Å². The van der Waals surface area contributed by atoms with Crippen LogP contribution in [-0.4, -0.2) is 48.1 Å². The molecule has 4 rings (SSSR count). The molecule has 3 aromatic carbocycles. The van der Waals surface area contributed by atoms with Gasteiger partial charge >= 0.3 is 0 Å². The molecule has 7 nitrogen and oxygen atoms in total. The first-order chi connectivity index (χ1) is 18.1. The van der Waals surface area contributed by atoms with Gasteiger partial charge < -0.3 is 19.7 Å². The highest BCUT2D eigenvalue weighted by Gasteiger charge is 2.21. The van der Waals surface area contributed by atoms with Gasteiger partial charge in [-0.2, -0.15) is 0 Å². The molecule has 1 heterocycles. The fourth-order valence-electron chi connectivity index (χ4n) is 4.15. The average Bonchev–Trinajstić information content (AvgIpc) is 3.21. The number of hydrogen-bond acceptors (Lipinski definition) is 5. The number of amides is 2. The lowest BCUT2D eigenvalue weighted by Gasteiger charge is -2.22. The number of carbonyl (C=O) groups excluding carboxylic acids is 2. The Bertz CT molecular complexity index is 1210. The molecular weight excluding hydrogens is 486 g/mol. The normalized spacial score (nSPS) is 13.2. The molecule has 3 aromatic rings. The summed E-state index contributed by atoms with van der Waals surface area (Å²) in [7, 11) is 0. The zero-order valence-electron chi connectivity index (χ0n) is 20.7. The van der Waals surface area contributed by atoms with E-state index in [0.29, 0.717) is 29.2 Å². The molecule has 1 saturated heterocycles. The minimum Gasteiger partial charge on any atom is -0.490 e. The summed E-state index contributed by atoms with van der Waals surface area (Å²) in [6, 6.07) is 23.6. The van der Waals surface area contributed by atoms with E-state index in [-0.39, 0.29) is 17.6 Å². The van der Waals surface area contributed by atoms with Crippen LogP contribution in [0.15, 0.2) is 78.9 Å². The maximum absolute atomic E-state index is 13.2. The molecule has 0 radical (unpaired) electrons. The monoisotopic (exact) mass is 517 g/mol. The molecule has 1 fully saturated rings. The quantitative estimate of drug-likeness (QED) is 0.312. The zero-order chi connectivity index (χ0) is 25.9. The summed E-state index contributed by atoms with van der Waals surface area (Å²) < 4.78 is 11.5. The third kappa shape index (κ3) is 7.54. The molecule has 0 aromatic heterocycles. The Morgan fingerprint density at radius 3 is 2.14 bits per heavy atom. The lowest BCUT2D eigenvalue weighted by molar-refractivity contribution is 0.0762. The molecule has 192 valence electrons. The highest BCUT2D eigenvalue weighted by molar-refractivity contribution is 7.80. The van der Waals surface area contributed by atoms with E-state index >= 15 is 0 Å². The Kier molecular flexibility index (Phi) is 9.48. The minimum absolute atomic E-state index is 0.0319. The smallest absolute Gasteiger partial charge is 0.261 e. The Morgan fingerprint density at radius 1 is 0.757 bits per heavy atom. The summed E-state index contributed by atoms with van der Waals surface area (Å²) in [6.07, 6.45) is 4.31. The lowest BCUT2D eigenvalue weighted by atomic mass is 10.1. The summed E-state index contributed by atoms with van der Waals surface area (Å²) >= 11 is 5.41. The summed E-state index contributed by atoms with van der Waals surface area (Å²) in [5, 5.41) is 5.83. The van der Waals surface area contributed by atoms with Crippen LogP contribution in [0.2, 0.25) is 0 Å². The number of rotatable bonds is 8. The third-order valence-corrected chi connectivity index (χ3v) is 6.21. The molecule has 0 bridgehead atoms. The Balaban J connectivity index is 1.35. The molecular formula is C29H31N3O4S. The van der Waals surface area contributed by atoms with Crippen LogP contribution in [-0.2, 0) is 0 Å². The van der Waals surface area contributed by atoms with Crippen molar-refractivity contribution in [3.05, 3.63) is 90.0 Å². The SMILES string of the molecule is O=C(NC(=S)Nc1ccccc1C(=O)N1CCCCCC1)c1ccccc1OCCOc1ccccc1. The van der Waals surface area contributed by atoms with E-state index in [1.54, 1.807) is 36.4 Å². The minimum atomic E-state index is -0.409. The maximum atomic E-state index is 13.2. The third-order valence-electron chi connectivity index (χ3n) is 6.01. The fourth-order valence-corrected chi connectivity index (χ4v) is 4.36. The maximum Gasteiger partial charge on any atom is 0.261 e. The topological polar surface area (TPSA) is 79.9 Å². The second-order valence-corrected chi connectivity index (χ2v) is 9.07. The second-order valence-electron chi connectivity index (χ2n) is 8.67. The van der Waals surface area contributed by atoms with Crippen LogP contribution in [0.25, 0.3) is 0 Å². The zero-order valence-corrected chi connectivity index (χ0v) is 21.5. The number of anilines is 1. The van der Waals surface area contributed by atoms with Gasteiger partial charge in [0.2, 0.25) is 0 Å². The van der Waals surface area contributed by atoms with Crippen LogP contribution in [0, 0.1) is 0 Å². The Morgan fingerprint density at radius 2 is 1.38 bits per heavy atom. The molecule has 1 aliphatic heterocycles. The van der Waals surface area contributed by atoms with E-state index in [0.717, 1.165) is 44.5 Å². The van der Waals surface area contributed by atoms with Crippen molar-refractivity contribution in [1.82, 2.24) is 10.2 Å². The number of ether oxygens (including phenoxy) is 2. The van der Waals surface area contributed by atoms with E-state index in [4.69, 9.17) is 21.7 Å². The Hall–Kier alpha value is -3.91. The number of para-hydroxylation sites is 3. The van der Waals surface area contributed by atoms with Crippen LogP contribution in [0.1, 0.15) is 46.4 Å². The molecule has 0 unspecified atom stereocenters. The summed E-state index contributed by atoms with van der Waals surface area (Å²) in [5.74, 6) is 0.739. The van der Waals surface area contributed by atoms with Crippen molar-refractivity contribution in [1.29, 1.82) is 0 Å². The number of nitrogens with zero attached hydrogens (tertiary/aromatic N) is 1. The van der Waals surface area contributed by atoms with E-state index < -0.39 is 5.91 Å². The number of likely N-dealkylation sites (tertiary alicyclic amines) is 1. The molecule has 0 saturated carbocycles. The van der Waals surface area contributed by atoms with Crippen LogP contribution in [0.4, 0.5) is 5.69 Å². The first-order valence-corrected chi connectivity index (χ1v) is 12.9. The predicted octanol–water partition coefficient (Wildman–Crippen LogP) is 5.29. The van der Waals surface area contributed by atoms with Gasteiger partial charge in [0.15, 0.2) is 5.11 Å². The van der Waals surface area contributed by atoms with Crippen LogP contribution in [0.5, 0.6) is 11.5 Å². The van der Waals surface area contributed by atoms with Crippen LogP contribution in [0.3, 0.4) is 0 Å². The summed E-state index contributed by atoms with van der Waals surface area (Å²) in [6.45, 7) is 2.11. The number of nitrogens with one attached hydrogen (secondary N) is 2. The summed E-state index contributed by atoms with van der Waals surface area (Å²) in [4.78, 5) is 28.1. The number of thiocarbonyl (C=S) groups is 1. The fraction of sp³-hybridized carbons (Fsp3) is 0.276. The van der Waals surface area contributed by atoms with Gasteiger partial charge in [0.1, 0.15) is 24.7 Å². The highest BCUT2D eigenvalue weighted by Crippen LogP contribution is 2.21. The van der Waals surface area contributed by atoms with Crippen molar-refractivity contribution in [3.8, 4) is 11.5 Å². The number of benzene rings is 3. The molecule has 8 heteroatoms. The molecule has 1 aliphatic rings. The van der Waals surface area contributed by atoms with Crippen LogP contribution >= 0.6 is 12.2 Å². The van der Waals surface area contributed by atoms with Crippen molar-refractivity contribution >= 4 is 34.8 Å². The van der Waals surface area contributed by atoms with Gasteiger partial charge in [-0.3, -0.25) is 14.9 Å². The predicted molar refractivity (Wildman–Crippen MR) is 148 cm³/mol. The van der Waals surface area contributed by atoms with Crippen molar-refractivity contribution < 1.29 is 19.1 Å². The lowest BCUT2D eigenvalue weighted by Crippen LogP contribution is -2.36.